The van der Waals surface area contributed by atoms with Crippen molar-refractivity contribution >= 4 is 5.91 Å². The van der Waals surface area contributed by atoms with Crippen LogP contribution >= 0.6 is 0 Å². The third-order valence-electron chi connectivity index (χ3n) is 1.13. The Balaban J connectivity index is 2.37. The molecule has 1 amide bonds. The molecule has 0 aliphatic rings. The van der Waals surface area contributed by atoms with Crippen LogP contribution in [0.15, 0.2) is 22.8 Å². The summed E-state index contributed by atoms with van der Waals surface area (Å²) in [6, 6.07) is 3.46. The molecule has 0 radical (unpaired) electrons. The SMILES string of the molecule is CONC(=O)Cc1ccco1. The van der Waals surface area contributed by atoms with E-state index in [-0.39, 0.29) is 12.3 Å². The number of furan rings is 1. The molecule has 0 bridgehead atoms. The Labute approximate surface area is 64.1 Å². The van der Waals surface area contributed by atoms with Gasteiger partial charge >= 0.3 is 0 Å². The number of rotatable bonds is 3. The van der Waals surface area contributed by atoms with Crippen LogP contribution in [0.1, 0.15) is 5.76 Å². The quantitative estimate of drug-likeness (QED) is 0.646. The fourth-order valence-corrected chi connectivity index (χ4v) is 0.721. The third-order valence-corrected chi connectivity index (χ3v) is 1.13. The van der Waals surface area contributed by atoms with E-state index in [4.69, 9.17) is 4.42 Å². The number of amides is 1. The molecule has 1 heterocycles. The van der Waals surface area contributed by atoms with Gasteiger partial charge in [0.25, 0.3) is 5.91 Å². The molecule has 0 aromatic carbocycles. The largest absolute Gasteiger partial charge is 0.469 e. The molecule has 0 saturated carbocycles. The van der Waals surface area contributed by atoms with Crippen LogP contribution in [-0.4, -0.2) is 13.0 Å². The minimum Gasteiger partial charge on any atom is -0.469 e. The second kappa shape index (κ2) is 3.78. The number of carbonyl (C=O) groups excluding carboxylic acids is 1. The molecule has 0 fully saturated rings. The minimum atomic E-state index is -0.220. The maximum Gasteiger partial charge on any atom is 0.251 e. The fraction of sp³-hybridized carbons (Fsp3) is 0.286. The first kappa shape index (κ1) is 7.81. The van der Waals surface area contributed by atoms with E-state index >= 15 is 0 Å². The molecule has 1 aromatic rings. The lowest BCUT2D eigenvalue weighted by Gasteiger charge is -1.97. The molecule has 4 heteroatoms. The molecular formula is C7H9NO3. The van der Waals surface area contributed by atoms with E-state index < -0.39 is 0 Å². The van der Waals surface area contributed by atoms with Crippen LogP contribution in [0.5, 0.6) is 0 Å². The highest BCUT2D eigenvalue weighted by atomic mass is 16.6. The molecule has 1 rings (SSSR count). The van der Waals surface area contributed by atoms with Crippen molar-refractivity contribution in [2.24, 2.45) is 0 Å². The van der Waals surface area contributed by atoms with Crippen LogP contribution in [0.2, 0.25) is 0 Å². The van der Waals surface area contributed by atoms with Crippen molar-refractivity contribution in [3.63, 3.8) is 0 Å². The van der Waals surface area contributed by atoms with Crippen LogP contribution < -0.4 is 5.48 Å². The molecule has 0 saturated heterocycles. The van der Waals surface area contributed by atoms with E-state index in [2.05, 4.69) is 10.3 Å². The standard InChI is InChI=1S/C7H9NO3/c1-10-8-7(9)5-6-3-2-4-11-6/h2-4H,5H2,1H3,(H,8,9). The van der Waals surface area contributed by atoms with Gasteiger partial charge < -0.3 is 4.42 Å². The summed E-state index contributed by atoms with van der Waals surface area (Å²) in [5, 5.41) is 0. The Morgan fingerprint density at radius 3 is 3.18 bits per heavy atom. The van der Waals surface area contributed by atoms with Crippen LogP contribution in [-0.2, 0) is 16.1 Å². The molecular weight excluding hydrogens is 146 g/mol. The van der Waals surface area contributed by atoms with Gasteiger partial charge in [0.1, 0.15) is 5.76 Å². The van der Waals surface area contributed by atoms with Crippen molar-refractivity contribution in [2.75, 3.05) is 7.11 Å². The second-order valence-electron chi connectivity index (χ2n) is 1.99. The van der Waals surface area contributed by atoms with Crippen LogP contribution in [0.3, 0.4) is 0 Å². The van der Waals surface area contributed by atoms with Gasteiger partial charge in [-0.15, -0.1) is 0 Å². The molecule has 1 aromatic heterocycles. The highest BCUT2D eigenvalue weighted by molar-refractivity contribution is 5.76. The monoisotopic (exact) mass is 155 g/mol. The maximum atomic E-state index is 10.8. The molecule has 11 heavy (non-hydrogen) atoms. The molecule has 60 valence electrons. The number of hydrogen-bond donors (Lipinski definition) is 1. The van der Waals surface area contributed by atoms with Crippen LogP contribution in [0.4, 0.5) is 0 Å². The van der Waals surface area contributed by atoms with Gasteiger partial charge in [0.05, 0.1) is 19.8 Å². The van der Waals surface area contributed by atoms with E-state index in [0.717, 1.165) is 0 Å². The lowest BCUT2D eigenvalue weighted by atomic mass is 10.3. The summed E-state index contributed by atoms with van der Waals surface area (Å²) in [6.07, 6.45) is 1.73. The Hall–Kier alpha value is -1.29. The number of carbonyl (C=O) groups is 1. The summed E-state index contributed by atoms with van der Waals surface area (Å²) in [5.41, 5.74) is 2.18. The van der Waals surface area contributed by atoms with Crippen molar-refractivity contribution < 1.29 is 14.0 Å². The molecule has 0 unspecified atom stereocenters. The van der Waals surface area contributed by atoms with E-state index in [1.54, 1.807) is 12.1 Å². The smallest absolute Gasteiger partial charge is 0.251 e. The van der Waals surface area contributed by atoms with Crippen molar-refractivity contribution in [3.05, 3.63) is 24.2 Å². The van der Waals surface area contributed by atoms with Gasteiger partial charge in [-0.05, 0) is 12.1 Å². The minimum absolute atomic E-state index is 0.209. The zero-order valence-corrected chi connectivity index (χ0v) is 6.16. The highest BCUT2D eigenvalue weighted by Crippen LogP contribution is 1.99. The Morgan fingerprint density at radius 1 is 1.82 bits per heavy atom. The van der Waals surface area contributed by atoms with E-state index in [1.807, 2.05) is 0 Å². The molecule has 0 aliphatic heterocycles. The van der Waals surface area contributed by atoms with Gasteiger partial charge in [-0.25, -0.2) is 5.48 Å². The van der Waals surface area contributed by atoms with Crippen molar-refractivity contribution in [1.29, 1.82) is 0 Å². The first-order chi connectivity index (χ1) is 5.33. The summed E-state index contributed by atoms with van der Waals surface area (Å²) in [6.45, 7) is 0. The summed E-state index contributed by atoms with van der Waals surface area (Å²) >= 11 is 0. The van der Waals surface area contributed by atoms with Crippen molar-refractivity contribution in [3.8, 4) is 0 Å². The molecule has 1 N–H and O–H groups in total. The Bertz CT molecular complexity index is 218. The van der Waals surface area contributed by atoms with Crippen molar-refractivity contribution in [1.82, 2.24) is 5.48 Å². The van der Waals surface area contributed by atoms with Crippen LogP contribution in [0.25, 0.3) is 0 Å². The Kier molecular flexibility index (Phi) is 2.68. The first-order valence-electron chi connectivity index (χ1n) is 3.17. The Morgan fingerprint density at radius 2 is 2.64 bits per heavy atom. The van der Waals surface area contributed by atoms with Gasteiger partial charge in [-0.1, -0.05) is 0 Å². The highest BCUT2D eigenvalue weighted by Gasteiger charge is 2.03. The predicted molar refractivity (Wildman–Crippen MR) is 37.6 cm³/mol. The van der Waals surface area contributed by atoms with Crippen molar-refractivity contribution in [2.45, 2.75) is 6.42 Å². The maximum absolute atomic E-state index is 10.8. The molecule has 0 aliphatic carbocycles. The van der Waals surface area contributed by atoms with Gasteiger partial charge in [-0.3, -0.25) is 9.63 Å². The molecule has 0 spiro atoms. The zero-order chi connectivity index (χ0) is 8.10. The normalized spacial score (nSPS) is 9.55. The fourth-order valence-electron chi connectivity index (χ4n) is 0.721. The summed E-state index contributed by atoms with van der Waals surface area (Å²) in [5.74, 6) is 0.405. The number of hydroxylamine groups is 1. The van der Waals surface area contributed by atoms with Gasteiger partial charge in [0, 0.05) is 0 Å². The number of hydrogen-bond acceptors (Lipinski definition) is 3. The predicted octanol–water partition coefficient (Wildman–Crippen LogP) is 0.500. The second-order valence-corrected chi connectivity index (χ2v) is 1.99. The molecule has 0 atom stereocenters. The van der Waals surface area contributed by atoms with Crippen LogP contribution in [0, 0.1) is 0 Å². The van der Waals surface area contributed by atoms with Gasteiger partial charge in [0.2, 0.25) is 0 Å². The lowest BCUT2D eigenvalue weighted by Crippen LogP contribution is -2.23. The average molecular weight is 155 g/mol. The first-order valence-corrected chi connectivity index (χ1v) is 3.17. The van der Waals surface area contributed by atoms with E-state index in [9.17, 15) is 4.79 Å². The third kappa shape index (κ3) is 2.43. The van der Waals surface area contributed by atoms with Gasteiger partial charge in [0.15, 0.2) is 0 Å². The lowest BCUT2D eigenvalue weighted by molar-refractivity contribution is -0.130. The topological polar surface area (TPSA) is 51.5 Å². The average Bonchev–Trinajstić information content (AvgIpc) is 2.40. The summed E-state index contributed by atoms with van der Waals surface area (Å²) in [7, 11) is 1.39. The summed E-state index contributed by atoms with van der Waals surface area (Å²) in [4.78, 5) is 15.2. The van der Waals surface area contributed by atoms with E-state index in [1.165, 1.54) is 13.4 Å². The zero-order valence-electron chi connectivity index (χ0n) is 6.16. The van der Waals surface area contributed by atoms with E-state index in [0.29, 0.717) is 5.76 Å². The molecule has 4 nitrogen and oxygen atoms in total. The van der Waals surface area contributed by atoms with Gasteiger partial charge in [-0.2, -0.15) is 0 Å². The summed E-state index contributed by atoms with van der Waals surface area (Å²) < 4.78 is 4.93. The number of nitrogens with one attached hydrogen (secondary N) is 1.